The van der Waals surface area contributed by atoms with Crippen molar-refractivity contribution >= 4 is 17.6 Å². The Bertz CT molecular complexity index is 694. The van der Waals surface area contributed by atoms with Crippen LogP contribution in [0.25, 0.3) is 0 Å². The van der Waals surface area contributed by atoms with Crippen molar-refractivity contribution in [1.82, 2.24) is 10.2 Å². The number of ether oxygens (including phenoxy) is 2. The largest absolute Gasteiger partial charge is 0.493 e. The van der Waals surface area contributed by atoms with Gasteiger partial charge in [0.15, 0.2) is 11.5 Å². The van der Waals surface area contributed by atoms with E-state index >= 15 is 0 Å². The summed E-state index contributed by atoms with van der Waals surface area (Å²) in [6, 6.07) is 5.48. The van der Waals surface area contributed by atoms with E-state index in [2.05, 4.69) is 12.2 Å². The number of hydrogen-bond acceptors (Lipinski definition) is 4. The summed E-state index contributed by atoms with van der Waals surface area (Å²) in [5.41, 5.74) is 0.749. The van der Waals surface area contributed by atoms with E-state index in [1.165, 1.54) is 6.42 Å². The third-order valence-electron chi connectivity index (χ3n) is 5.49. The van der Waals surface area contributed by atoms with Gasteiger partial charge < -0.3 is 24.6 Å². The summed E-state index contributed by atoms with van der Waals surface area (Å²) >= 11 is 0. The summed E-state index contributed by atoms with van der Waals surface area (Å²) in [5.74, 6) is 1.20. The van der Waals surface area contributed by atoms with Crippen LogP contribution in [0.5, 0.6) is 11.5 Å². The molecule has 7 heteroatoms. The molecule has 27 heavy (non-hydrogen) atoms. The Kier molecular flexibility index (Phi) is 6.08. The SMILES string of the molecule is CC[C@@H]1CCCCN1C(=O)N[C@H]1CC(=O)N(c2ccc(OC)c(OC)c2)C1. The van der Waals surface area contributed by atoms with E-state index in [1.54, 1.807) is 31.3 Å². The molecule has 1 aromatic rings. The van der Waals surface area contributed by atoms with Crippen LogP contribution in [0.2, 0.25) is 0 Å². The number of amides is 3. The van der Waals surface area contributed by atoms with Crippen LogP contribution in [0.4, 0.5) is 10.5 Å². The number of nitrogens with zero attached hydrogens (tertiary/aromatic N) is 2. The number of likely N-dealkylation sites (tertiary alicyclic amines) is 1. The molecular weight excluding hydrogens is 346 g/mol. The van der Waals surface area contributed by atoms with Gasteiger partial charge in [-0.1, -0.05) is 6.92 Å². The minimum Gasteiger partial charge on any atom is -0.493 e. The molecule has 148 valence electrons. The molecule has 2 fully saturated rings. The van der Waals surface area contributed by atoms with Crippen LogP contribution in [0.1, 0.15) is 39.0 Å². The van der Waals surface area contributed by atoms with E-state index in [9.17, 15) is 9.59 Å². The van der Waals surface area contributed by atoms with Crippen LogP contribution in [0.15, 0.2) is 18.2 Å². The number of benzene rings is 1. The van der Waals surface area contributed by atoms with E-state index in [-0.39, 0.29) is 18.0 Å². The molecule has 0 unspecified atom stereocenters. The number of urea groups is 1. The zero-order valence-corrected chi connectivity index (χ0v) is 16.4. The smallest absolute Gasteiger partial charge is 0.317 e. The Morgan fingerprint density at radius 1 is 1.22 bits per heavy atom. The van der Waals surface area contributed by atoms with Crippen LogP contribution in [-0.4, -0.2) is 56.2 Å². The molecule has 1 N–H and O–H groups in total. The summed E-state index contributed by atoms with van der Waals surface area (Å²) < 4.78 is 10.6. The monoisotopic (exact) mass is 375 g/mol. The van der Waals surface area contributed by atoms with Crippen LogP contribution in [-0.2, 0) is 4.79 Å². The van der Waals surface area contributed by atoms with Crippen molar-refractivity contribution in [3.05, 3.63) is 18.2 Å². The maximum absolute atomic E-state index is 12.7. The highest BCUT2D eigenvalue weighted by atomic mass is 16.5. The molecule has 2 aliphatic heterocycles. The Morgan fingerprint density at radius 2 is 2.00 bits per heavy atom. The molecule has 2 saturated heterocycles. The third kappa shape index (κ3) is 4.12. The topological polar surface area (TPSA) is 71.1 Å². The van der Waals surface area contributed by atoms with Crippen LogP contribution in [0.3, 0.4) is 0 Å². The maximum atomic E-state index is 12.7. The van der Waals surface area contributed by atoms with Gasteiger partial charge in [0.25, 0.3) is 0 Å². The normalized spacial score (nSPS) is 22.7. The second kappa shape index (κ2) is 8.50. The lowest BCUT2D eigenvalue weighted by Crippen LogP contribution is -2.51. The molecule has 0 radical (unpaired) electrons. The first kappa shape index (κ1) is 19.3. The fraction of sp³-hybridized carbons (Fsp3) is 0.600. The minimum absolute atomic E-state index is 0.00166. The highest BCUT2D eigenvalue weighted by molar-refractivity contribution is 5.97. The minimum atomic E-state index is -0.183. The van der Waals surface area contributed by atoms with Gasteiger partial charge in [-0.15, -0.1) is 0 Å². The number of carbonyl (C=O) groups is 2. The fourth-order valence-electron chi connectivity index (χ4n) is 4.00. The van der Waals surface area contributed by atoms with Gasteiger partial charge in [0.2, 0.25) is 5.91 Å². The molecule has 2 atom stereocenters. The maximum Gasteiger partial charge on any atom is 0.317 e. The lowest BCUT2D eigenvalue weighted by Gasteiger charge is -2.35. The van der Waals surface area contributed by atoms with E-state index in [0.29, 0.717) is 30.5 Å². The fourth-order valence-corrected chi connectivity index (χ4v) is 4.00. The first-order valence-electron chi connectivity index (χ1n) is 9.66. The van der Waals surface area contributed by atoms with Crippen molar-refractivity contribution in [3.63, 3.8) is 0 Å². The summed E-state index contributed by atoms with van der Waals surface area (Å²) in [7, 11) is 3.15. The molecule has 0 aliphatic carbocycles. The summed E-state index contributed by atoms with van der Waals surface area (Å²) in [6.45, 7) is 3.38. The highest BCUT2D eigenvalue weighted by Gasteiger charge is 2.34. The van der Waals surface area contributed by atoms with Gasteiger partial charge in [0.1, 0.15) is 0 Å². The number of carbonyl (C=O) groups excluding carboxylic acids is 2. The van der Waals surface area contributed by atoms with Crippen molar-refractivity contribution < 1.29 is 19.1 Å². The third-order valence-corrected chi connectivity index (χ3v) is 5.49. The lowest BCUT2D eigenvalue weighted by molar-refractivity contribution is -0.117. The standard InChI is InChI=1S/C20H29N3O4/c1-4-15-7-5-6-10-22(15)20(25)21-14-11-19(24)23(13-14)16-8-9-17(26-2)18(12-16)27-3/h8-9,12,14-15H,4-7,10-11,13H2,1-3H3,(H,21,25)/t14-,15+/m0/s1. The molecule has 3 amide bonds. The van der Waals surface area contributed by atoms with Gasteiger partial charge in [-0.3, -0.25) is 4.79 Å². The predicted octanol–water partition coefficient (Wildman–Crippen LogP) is 2.78. The predicted molar refractivity (Wildman–Crippen MR) is 103 cm³/mol. The van der Waals surface area contributed by atoms with Gasteiger partial charge in [-0.2, -0.15) is 0 Å². The van der Waals surface area contributed by atoms with E-state index in [0.717, 1.165) is 31.5 Å². The van der Waals surface area contributed by atoms with E-state index in [4.69, 9.17) is 9.47 Å². The summed E-state index contributed by atoms with van der Waals surface area (Å²) in [5, 5.41) is 3.06. The molecule has 2 aliphatic rings. The van der Waals surface area contributed by atoms with Gasteiger partial charge in [-0.05, 0) is 37.8 Å². The summed E-state index contributed by atoms with van der Waals surface area (Å²) in [4.78, 5) is 28.8. The second-order valence-electron chi connectivity index (χ2n) is 7.15. The number of piperidine rings is 1. The average Bonchev–Trinajstić information content (AvgIpc) is 3.07. The number of nitrogens with one attached hydrogen (secondary N) is 1. The molecule has 0 saturated carbocycles. The second-order valence-corrected chi connectivity index (χ2v) is 7.15. The van der Waals surface area contributed by atoms with Crippen LogP contribution in [0, 0.1) is 0 Å². The van der Waals surface area contributed by atoms with Gasteiger partial charge in [0, 0.05) is 37.3 Å². The first-order valence-corrected chi connectivity index (χ1v) is 9.66. The number of anilines is 1. The molecule has 0 spiro atoms. The van der Waals surface area contributed by atoms with Gasteiger partial charge in [0.05, 0.1) is 20.3 Å². The van der Waals surface area contributed by atoms with Crippen molar-refractivity contribution in [2.75, 3.05) is 32.2 Å². The van der Waals surface area contributed by atoms with Crippen LogP contribution < -0.4 is 19.7 Å². The van der Waals surface area contributed by atoms with Crippen LogP contribution >= 0.6 is 0 Å². The molecule has 7 nitrogen and oxygen atoms in total. The molecular formula is C20H29N3O4. The number of hydrogen-bond donors (Lipinski definition) is 1. The van der Waals surface area contributed by atoms with E-state index in [1.807, 2.05) is 11.0 Å². The first-order chi connectivity index (χ1) is 13.1. The molecule has 0 bridgehead atoms. The van der Waals surface area contributed by atoms with Crippen molar-refractivity contribution in [2.24, 2.45) is 0 Å². The molecule has 0 aromatic heterocycles. The number of rotatable bonds is 5. The Morgan fingerprint density at radius 3 is 2.70 bits per heavy atom. The average molecular weight is 375 g/mol. The zero-order valence-electron chi connectivity index (χ0n) is 16.4. The Balaban J connectivity index is 1.66. The number of methoxy groups -OCH3 is 2. The van der Waals surface area contributed by atoms with Crippen molar-refractivity contribution in [3.8, 4) is 11.5 Å². The highest BCUT2D eigenvalue weighted by Crippen LogP contribution is 2.33. The molecule has 3 rings (SSSR count). The van der Waals surface area contributed by atoms with Crippen molar-refractivity contribution in [2.45, 2.75) is 51.1 Å². The quantitative estimate of drug-likeness (QED) is 0.859. The Labute approximate surface area is 160 Å². The summed E-state index contributed by atoms with van der Waals surface area (Å²) in [6.07, 6.45) is 4.56. The Hall–Kier alpha value is -2.44. The van der Waals surface area contributed by atoms with Gasteiger partial charge >= 0.3 is 6.03 Å². The van der Waals surface area contributed by atoms with Crippen molar-refractivity contribution in [1.29, 1.82) is 0 Å². The van der Waals surface area contributed by atoms with E-state index < -0.39 is 0 Å². The zero-order chi connectivity index (χ0) is 19.4. The molecule has 1 aromatic carbocycles. The van der Waals surface area contributed by atoms with Gasteiger partial charge in [-0.25, -0.2) is 4.79 Å². The lowest BCUT2D eigenvalue weighted by atomic mass is 10.0. The molecule has 2 heterocycles.